The maximum atomic E-state index is 12.2. The summed E-state index contributed by atoms with van der Waals surface area (Å²) in [5, 5.41) is 12.5. The molecular weight excluding hydrogens is 342 g/mol. The van der Waals surface area contributed by atoms with Crippen LogP contribution in [0, 0.1) is 11.3 Å². The first-order valence-corrected chi connectivity index (χ1v) is 10.4. The highest BCUT2D eigenvalue weighted by Crippen LogP contribution is 2.23. The highest BCUT2D eigenvalue weighted by atomic mass is 16.6. The molecule has 1 aliphatic rings. The van der Waals surface area contributed by atoms with Crippen LogP contribution < -0.4 is 5.32 Å². The molecular formula is C21H37N3O3. The van der Waals surface area contributed by atoms with E-state index in [2.05, 4.69) is 18.3 Å². The van der Waals surface area contributed by atoms with Gasteiger partial charge in [0.1, 0.15) is 11.1 Å². The summed E-state index contributed by atoms with van der Waals surface area (Å²) in [7, 11) is 0. The van der Waals surface area contributed by atoms with Gasteiger partial charge in [-0.3, -0.25) is 4.79 Å². The summed E-state index contributed by atoms with van der Waals surface area (Å²) in [6.45, 7) is 8.53. The molecule has 0 aliphatic carbocycles. The van der Waals surface area contributed by atoms with Crippen molar-refractivity contribution >= 4 is 12.0 Å². The molecule has 0 bridgehead atoms. The number of hydrogen-bond donors (Lipinski definition) is 1. The molecule has 0 aromatic heterocycles. The van der Waals surface area contributed by atoms with Crippen molar-refractivity contribution in [2.75, 3.05) is 13.1 Å². The van der Waals surface area contributed by atoms with Crippen LogP contribution in [-0.2, 0) is 9.53 Å². The molecule has 2 amide bonds. The lowest BCUT2D eigenvalue weighted by Gasteiger charge is -2.38. The van der Waals surface area contributed by atoms with Crippen molar-refractivity contribution < 1.29 is 14.3 Å². The van der Waals surface area contributed by atoms with Crippen LogP contribution in [0.4, 0.5) is 4.79 Å². The van der Waals surface area contributed by atoms with Gasteiger partial charge >= 0.3 is 6.09 Å². The first kappa shape index (κ1) is 23.3. The van der Waals surface area contributed by atoms with Crippen LogP contribution in [0.2, 0.25) is 0 Å². The zero-order chi connectivity index (χ0) is 20.3. The zero-order valence-electron chi connectivity index (χ0n) is 17.6. The lowest BCUT2D eigenvalue weighted by atomic mass is 9.89. The molecule has 1 heterocycles. The summed E-state index contributed by atoms with van der Waals surface area (Å²) >= 11 is 0. The average Bonchev–Trinajstić information content (AvgIpc) is 2.60. The summed E-state index contributed by atoms with van der Waals surface area (Å²) in [6.07, 6.45) is 9.10. The molecule has 27 heavy (non-hydrogen) atoms. The van der Waals surface area contributed by atoms with Crippen LogP contribution in [0.15, 0.2) is 0 Å². The lowest BCUT2D eigenvalue weighted by Crippen LogP contribution is -2.55. The van der Waals surface area contributed by atoms with Crippen molar-refractivity contribution in [3.05, 3.63) is 0 Å². The first-order valence-electron chi connectivity index (χ1n) is 10.4. The number of nitrogens with one attached hydrogen (secondary N) is 1. The number of piperidine rings is 1. The number of ether oxygens (including phenoxy) is 1. The molecule has 6 heteroatoms. The van der Waals surface area contributed by atoms with Crippen molar-refractivity contribution in [1.82, 2.24) is 10.2 Å². The number of carbonyl (C=O) groups is 2. The number of likely N-dealkylation sites (tertiary alicyclic amines) is 1. The Hall–Kier alpha value is -1.77. The monoisotopic (exact) mass is 379 g/mol. The maximum Gasteiger partial charge on any atom is 0.410 e. The zero-order valence-corrected chi connectivity index (χ0v) is 17.6. The summed E-state index contributed by atoms with van der Waals surface area (Å²) in [5.74, 6) is -0.0594. The third-order valence-electron chi connectivity index (χ3n) is 4.87. The van der Waals surface area contributed by atoms with E-state index in [4.69, 9.17) is 4.74 Å². The van der Waals surface area contributed by atoms with Gasteiger partial charge in [0, 0.05) is 32.4 Å². The van der Waals surface area contributed by atoms with E-state index < -0.39 is 11.1 Å². The van der Waals surface area contributed by atoms with E-state index in [1.807, 2.05) is 20.8 Å². The second-order valence-corrected chi connectivity index (χ2v) is 8.58. The minimum atomic E-state index is -0.864. The lowest BCUT2D eigenvalue weighted by molar-refractivity contribution is -0.123. The molecule has 0 atom stereocenters. The van der Waals surface area contributed by atoms with Gasteiger partial charge in [-0.1, -0.05) is 45.4 Å². The molecule has 1 N–H and O–H groups in total. The van der Waals surface area contributed by atoms with Gasteiger partial charge in [-0.15, -0.1) is 0 Å². The molecule has 0 saturated carbocycles. The topological polar surface area (TPSA) is 82.4 Å². The van der Waals surface area contributed by atoms with E-state index in [1.54, 1.807) is 4.90 Å². The Morgan fingerprint density at radius 3 is 2.15 bits per heavy atom. The van der Waals surface area contributed by atoms with Gasteiger partial charge in [0.2, 0.25) is 5.91 Å². The van der Waals surface area contributed by atoms with E-state index in [9.17, 15) is 14.9 Å². The van der Waals surface area contributed by atoms with Crippen molar-refractivity contribution in [2.24, 2.45) is 0 Å². The van der Waals surface area contributed by atoms with Gasteiger partial charge in [-0.2, -0.15) is 5.26 Å². The largest absolute Gasteiger partial charge is 0.444 e. The smallest absolute Gasteiger partial charge is 0.410 e. The summed E-state index contributed by atoms with van der Waals surface area (Å²) in [6, 6.07) is 2.27. The molecule has 0 radical (unpaired) electrons. The SMILES string of the molecule is CCCCCCCCCC(=O)NC1(C#N)CCN(C(=O)OC(C)(C)C)CC1. The number of rotatable bonds is 9. The molecule has 1 saturated heterocycles. The highest BCUT2D eigenvalue weighted by molar-refractivity contribution is 5.77. The number of nitrogens with zero attached hydrogens (tertiary/aromatic N) is 2. The molecule has 0 spiro atoms. The predicted octanol–water partition coefficient (Wildman–Crippen LogP) is 4.54. The number of hydrogen-bond acceptors (Lipinski definition) is 4. The van der Waals surface area contributed by atoms with Crippen molar-refractivity contribution in [1.29, 1.82) is 5.26 Å². The van der Waals surface area contributed by atoms with Gasteiger partial charge in [-0.25, -0.2) is 4.79 Å². The average molecular weight is 380 g/mol. The summed E-state index contributed by atoms with van der Waals surface area (Å²) < 4.78 is 5.38. The van der Waals surface area contributed by atoms with Crippen molar-refractivity contribution in [2.45, 2.75) is 103 Å². The van der Waals surface area contributed by atoms with Crippen LogP contribution in [0.25, 0.3) is 0 Å². The molecule has 1 fully saturated rings. The first-order chi connectivity index (χ1) is 12.7. The van der Waals surface area contributed by atoms with E-state index in [0.717, 1.165) is 12.8 Å². The second-order valence-electron chi connectivity index (χ2n) is 8.58. The fourth-order valence-electron chi connectivity index (χ4n) is 3.23. The van der Waals surface area contributed by atoms with E-state index in [-0.39, 0.29) is 12.0 Å². The minimum absolute atomic E-state index is 0.0594. The third kappa shape index (κ3) is 9.12. The Labute approximate surface area is 164 Å². The Kier molecular flexibility index (Phi) is 9.62. The number of unbranched alkanes of at least 4 members (excludes halogenated alkanes) is 6. The molecule has 1 aliphatic heterocycles. The van der Waals surface area contributed by atoms with Crippen LogP contribution in [-0.4, -0.2) is 41.1 Å². The Bertz CT molecular complexity index is 512. The van der Waals surface area contributed by atoms with Crippen LogP contribution >= 0.6 is 0 Å². The maximum absolute atomic E-state index is 12.2. The Morgan fingerprint density at radius 2 is 1.63 bits per heavy atom. The van der Waals surface area contributed by atoms with E-state index >= 15 is 0 Å². The van der Waals surface area contributed by atoms with Gasteiger partial charge < -0.3 is 15.0 Å². The second kappa shape index (κ2) is 11.2. The van der Waals surface area contributed by atoms with Gasteiger partial charge in [-0.05, 0) is 27.2 Å². The van der Waals surface area contributed by atoms with Gasteiger partial charge in [0.25, 0.3) is 0 Å². The molecule has 0 unspecified atom stereocenters. The van der Waals surface area contributed by atoms with Crippen LogP contribution in [0.3, 0.4) is 0 Å². The number of amides is 2. The molecule has 0 aromatic rings. The predicted molar refractivity (Wildman–Crippen MR) is 106 cm³/mol. The van der Waals surface area contributed by atoms with Crippen LogP contribution in [0.5, 0.6) is 0 Å². The summed E-state index contributed by atoms with van der Waals surface area (Å²) in [4.78, 5) is 26.0. The van der Waals surface area contributed by atoms with Crippen molar-refractivity contribution in [3.63, 3.8) is 0 Å². The molecule has 1 rings (SSSR count). The van der Waals surface area contributed by atoms with Crippen LogP contribution in [0.1, 0.15) is 91.9 Å². The third-order valence-corrected chi connectivity index (χ3v) is 4.87. The quantitative estimate of drug-likeness (QED) is 0.596. The van der Waals surface area contributed by atoms with Crippen molar-refractivity contribution in [3.8, 4) is 6.07 Å². The number of carbonyl (C=O) groups excluding carboxylic acids is 2. The Morgan fingerprint density at radius 1 is 1.07 bits per heavy atom. The minimum Gasteiger partial charge on any atom is -0.444 e. The fourth-order valence-corrected chi connectivity index (χ4v) is 3.23. The Balaban J connectivity index is 2.34. The molecule has 6 nitrogen and oxygen atoms in total. The van der Waals surface area contributed by atoms with Gasteiger partial charge in [0.05, 0.1) is 6.07 Å². The van der Waals surface area contributed by atoms with E-state index in [0.29, 0.717) is 32.4 Å². The van der Waals surface area contributed by atoms with E-state index in [1.165, 1.54) is 32.1 Å². The fraction of sp³-hybridized carbons (Fsp3) is 0.857. The molecule has 0 aromatic carbocycles. The standard InChI is InChI=1S/C21H37N3O3/c1-5-6-7-8-9-10-11-12-18(25)23-21(17-22)13-15-24(16-14-21)19(26)27-20(2,3)4/h5-16H2,1-4H3,(H,23,25). The number of nitriles is 1. The normalized spacial score (nSPS) is 16.5. The molecule has 154 valence electrons. The highest BCUT2D eigenvalue weighted by Gasteiger charge is 2.38. The summed E-state index contributed by atoms with van der Waals surface area (Å²) in [5.41, 5.74) is -1.40. The van der Waals surface area contributed by atoms with Gasteiger partial charge in [0.15, 0.2) is 0 Å².